The van der Waals surface area contributed by atoms with E-state index in [0.717, 1.165) is 11.3 Å². The van der Waals surface area contributed by atoms with Crippen molar-refractivity contribution in [2.24, 2.45) is 5.92 Å². The van der Waals surface area contributed by atoms with Gasteiger partial charge in [-0.05, 0) is 31.9 Å². The summed E-state index contributed by atoms with van der Waals surface area (Å²) in [4.78, 5) is 12.0. The second kappa shape index (κ2) is 7.11. The van der Waals surface area contributed by atoms with Crippen molar-refractivity contribution in [1.29, 1.82) is 0 Å². The van der Waals surface area contributed by atoms with Crippen LogP contribution in [0, 0.1) is 12.8 Å². The van der Waals surface area contributed by atoms with E-state index in [0.29, 0.717) is 18.3 Å². The molecule has 0 saturated heterocycles. The molecule has 0 aliphatic heterocycles. The molecule has 1 heterocycles. The molecule has 0 spiro atoms. The van der Waals surface area contributed by atoms with Crippen molar-refractivity contribution in [3.63, 3.8) is 0 Å². The van der Waals surface area contributed by atoms with Crippen LogP contribution in [-0.2, 0) is 4.79 Å². The van der Waals surface area contributed by atoms with Gasteiger partial charge in [-0.15, -0.1) is 5.10 Å². The lowest BCUT2D eigenvalue weighted by Crippen LogP contribution is -2.38. The minimum Gasteiger partial charge on any atom is -0.463 e. The molecule has 0 bridgehead atoms. The molecular weight excluding hydrogens is 278 g/mol. The predicted octanol–water partition coefficient (Wildman–Crippen LogP) is 2.72. The highest BCUT2D eigenvalue weighted by Crippen LogP contribution is 2.19. The fourth-order valence-corrected chi connectivity index (χ4v) is 1.94. The first-order valence-corrected chi connectivity index (χ1v) is 7.53. The molecule has 22 heavy (non-hydrogen) atoms. The molecule has 0 fully saturated rings. The molecule has 2 rings (SSSR count). The van der Waals surface area contributed by atoms with Crippen LogP contribution >= 0.6 is 0 Å². The standard InChI is InChI=1S/C17H23N3O2/c1-12(2)10-18-16(21)14(4)22-17-13(3)11-20(19-17)15-8-6-5-7-9-15/h5-9,11-12,14H,10H2,1-4H3,(H,18,21)/t14-/m0/s1. The molecule has 0 unspecified atom stereocenters. The quantitative estimate of drug-likeness (QED) is 0.892. The summed E-state index contributed by atoms with van der Waals surface area (Å²) in [6.07, 6.45) is 1.32. The van der Waals surface area contributed by atoms with E-state index in [1.165, 1.54) is 0 Å². The van der Waals surface area contributed by atoms with Gasteiger partial charge in [-0.3, -0.25) is 4.79 Å². The van der Waals surface area contributed by atoms with Crippen LogP contribution in [0.2, 0.25) is 0 Å². The van der Waals surface area contributed by atoms with Crippen LogP contribution in [0.25, 0.3) is 5.69 Å². The van der Waals surface area contributed by atoms with Crippen molar-refractivity contribution in [1.82, 2.24) is 15.1 Å². The van der Waals surface area contributed by atoms with E-state index in [1.807, 2.05) is 43.5 Å². The summed E-state index contributed by atoms with van der Waals surface area (Å²) in [6.45, 7) is 8.40. The molecule has 5 heteroatoms. The van der Waals surface area contributed by atoms with Crippen LogP contribution in [0.4, 0.5) is 0 Å². The van der Waals surface area contributed by atoms with Crippen LogP contribution < -0.4 is 10.1 Å². The Bertz CT molecular complexity index is 620. The van der Waals surface area contributed by atoms with Gasteiger partial charge in [-0.25, -0.2) is 4.68 Å². The smallest absolute Gasteiger partial charge is 0.260 e. The van der Waals surface area contributed by atoms with Crippen LogP contribution in [-0.4, -0.2) is 28.3 Å². The van der Waals surface area contributed by atoms with E-state index in [9.17, 15) is 4.79 Å². The maximum atomic E-state index is 12.0. The topological polar surface area (TPSA) is 56.2 Å². The number of rotatable bonds is 6. The third-order valence-corrected chi connectivity index (χ3v) is 3.21. The second-order valence-electron chi connectivity index (χ2n) is 5.80. The monoisotopic (exact) mass is 301 g/mol. The summed E-state index contributed by atoms with van der Waals surface area (Å²) in [7, 11) is 0. The summed E-state index contributed by atoms with van der Waals surface area (Å²) in [6, 6.07) is 9.80. The summed E-state index contributed by atoms with van der Waals surface area (Å²) >= 11 is 0. The largest absolute Gasteiger partial charge is 0.463 e. The number of nitrogens with one attached hydrogen (secondary N) is 1. The Morgan fingerprint density at radius 1 is 1.27 bits per heavy atom. The van der Waals surface area contributed by atoms with E-state index < -0.39 is 6.10 Å². The van der Waals surface area contributed by atoms with Gasteiger partial charge in [0.15, 0.2) is 6.10 Å². The number of hydrogen-bond acceptors (Lipinski definition) is 3. The molecule has 1 aromatic carbocycles. The summed E-state index contributed by atoms with van der Waals surface area (Å²) in [5.41, 5.74) is 1.85. The Kier molecular flexibility index (Phi) is 5.20. The molecule has 1 atom stereocenters. The lowest BCUT2D eigenvalue weighted by Gasteiger charge is -2.14. The van der Waals surface area contributed by atoms with Crippen molar-refractivity contribution in [3.05, 3.63) is 42.1 Å². The molecule has 1 N–H and O–H groups in total. The average molecular weight is 301 g/mol. The Labute approximate surface area is 131 Å². The number of para-hydroxylation sites is 1. The number of amides is 1. The number of hydrogen-bond donors (Lipinski definition) is 1. The molecular formula is C17H23N3O2. The first kappa shape index (κ1) is 16.1. The molecule has 0 aliphatic rings. The highest BCUT2D eigenvalue weighted by Gasteiger charge is 2.17. The van der Waals surface area contributed by atoms with Gasteiger partial charge in [0.25, 0.3) is 5.91 Å². The first-order chi connectivity index (χ1) is 10.5. The summed E-state index contributed by atoms with van der Waals surface area (Å²) < 4.78 is 7.45. The van der Waals surface area contributed by atoms with E-state index in [-0.39, 0.29) is 5.91 Å². The number of carbonyl (C=O) groups is 1. The van der Waals surface area contributed by atoms with Crippen molar-refractivity contribution in [2.45, 2.75) is 33.8 Å². The zero-order valence-electron chi connectivity index (χ0n) is 13.5. The normalized spacial score (nSPS) is 12.2. The molecule has 1 amide bonds. The van der Waals surface area contributed by atoms with Gasteiger partial charge in [0.05, 0.1) is 5.69 Å². The van der Waals surface area contributed by atoms with Gasteiger partial charge in [0, 0.05) is 18.3 Å². The van der Waals surface area contributed by atoms with Crippen LogP contribution in [0.3, 0.4) is 0 Å². The van der Waals surface area contributed by atoms with Crippen LogP contribution in [0.15, 0.2) is 36.5 Å². The fraction of sp³-hybridized carbons (Fsp3) is 0.412. The first-order valence-electron chi connectivity index (χ1n) is 7.53. The number of benzene rings is 1. The highest BCUT2D eigenvalue weighted by atomic mass is 16.5. The average Bonchev–Trinajstić information content (AvgIpc) is 2.86. The van der Waals surface area contributed by atoms with Gasteiger partial charge in [-0.1, -0.05) is 32.0 Å². The number of carbonyl (C=O) groups excluding carboxylic acids is 1. The lowest BCUT2D eigenvalue weighted by atomic mass is 10.2. The summed E-state index contributed by atoms with van der Waals surface area (Å²) in [5, 5.41) is 7.27. The molecule has 2 aromatic rings. The van der Waals surface area contributed by atoms with E-state index in [1.54, 1.807) is 11.6 Å². The van der Waals surface area contributed by atoms with Crippen molar-refractivity contribution in [2.75, 3.05) is 6.54 Å². The molecule has 118 valence electrons. The third kappa shape index (κ3) is 4.10. The highest BCUT2D eigenvalue weighted by molar-refractivity contribution is 5.80. The van der Waals surface area contributed by atoms with Gasteiger partial charge >= 0.3 is 0 Å². The van der Waals surface area contributed by atoms with Crippen LogP contribution in [0.1, 0.15) is 26.3 Å². The third-order valence-electron chi connectivity index (χ3n) is 3.21. The van der Waals surface area contributed by atoms with Crippen LogP contribution in [0.5, 0.6) is 5.88 Å². The molecule has 5 nitrogen and oxygen atoms in total. The fourth-order valence-electron chi connectivity index (χ4n) is 1.94. The van der Waals surface area contributed by atoms with Gasteiger partial charge < -0.3 is 10.1 Å². The maximum Gasteiger partial charge on any atom is 0.260 e. The Balaban J connectivity index is 2.04. The molecule has 0 saturated carbocycles. The van der Waals surface area contributed by atoms with Crippen molar-refractivity contribution < 1.29 is 9.53 Å². The second-order valence-corrected chi connectivity index (χ2v) is 5.80. The molecule has 1 aromatic heterocycles. The Hall–Kier alpha value is -2.30. The number of ether oxygens (including phenoxy) is 1. The van der Waals surface area contributed by atoms with Crippen molar-refractivity contribution >= 4 is 5.91 Å². The van der Waals surface area contributed by atoms with Gasteiger partial charge in [0.1, 0.15) is 0 Å². The number of aromatic nitrogens is 2. The minimum absolute atomic E-state index is 0.123. The van der Waals surface area contributed by atoms with Gasteiger partial charge in [-0.2, -0.15) is 0 Å². The minimum atomic E-state index is -0.573. The molecule has 0 aliphatic carbocycles. The Morgan fingerprint density at radius 3 is 2.59 bits per heavy atom. The predicted molar refractivity (Wildman–Crippen MR) is 86.2 cm³/mol. The zero-order valence-corrected chi connectivity index (χ0v) is 13.5. The number of aryl methyl sites for hydroxylation is 1. The SMILES string of the molecule is Cc1cn(-c2ccccc2)nc1O[C@@H](C)C(=O)NCC(C)C. The summed E-state index contributed by atoms with van der Waals surface area (Å²) in [5.74, 6) is 0.772. The van der Waals surface area contributed by atoms with Crippen molar-refractivity contribution in [3.8, 4) is 11.6 Å². The maximum absolute atomic E-state index is 12.0. The van der Waals surface area contributed by atoms with E-state index in [2.05, 4.69) is 24.3 Å². The van der Waals surface area contributed by atoms with E-state index in [4.69, 9.17) is 4.74 Å². The van der Waals surface area contributed by atoms with Gasteiger partial charge in [0.2, 0.25) is 5.88 Å². The number of nitrogens with zero attached hydrogens (tertiary/aromatic N) is 2. The van der Waals surface area contributed by atoms with E-state index >= 15 is 0 Å². The lowest BCUT2D eigenvalue weighted by molar-refractivity contribution is -0.127. The molecule has 0 radical (unpaired) electrons. The Morgan fingerprint density at radius 2 is 1.95 bits per heavy atom. The zero-order chi connectivity index (χ0) is 16.1.